The van der Waals surface area contributed by atoms with E-state index >= 15 is 0 Å². The number of ether oxygens (including phenoxy) is 1. The summed E-state index contributed by atoms with van der Waals surface area (Å²) in [5.41, 5.74) is 2.59. The summed E-state index contributed by atoms with van der Waals surface area (Å²) in [5, 5.41) is 4.32. The van der Waals surface area contributed by atoms with Crippen LogP contribution in [0, 0.1) is 0 Å². The Morgan fingerprint density at radius 2 is 1.88 bits per heavy atom. The number of halogens is 1. The molecule has 1 saturated heterocycles. The zero-order valence-corrected chi connectivity index (χ0v) is 15.7. The lowest BCUT2D eigenvalue weighted by Crippen LogP contribution is -2.42. The van der Waals surface area contributed by atoms with Crippen LogP contribution < -0.4 is 0 Å². The maximum Gasteiger partial charge on any atom is 0.257 e. The third kappa shape index (κ3) is 3.57. The summed E-state index contributed by atoms with van der Waals surface area (Å²) in [6.07, 6.45) is 3.30. The van der Waals surface area contributed by atoms with Crippen molar-refractivity contribution in [3.05, 3.63) is 82.6 Å². The molecule has 0 bridgehead atoms. The fourth-order valence-electron chi connectivity index (χ4n) is 3.05. The van der Waals surface area contributed by atoms with Gasteiger partial charge in [-0.05, 0) is 29.8 Å². The van der Waals surface area contributed by atoms with E-state index in [2.05, 4.69) is 21.0 Å². The van der Waals surface area contributed by atoms with E-state index in [9.17, 15) is 4.79 Å². The second-order valence-corrected chi connectivity index (χ2v) is 7.09. The average Bonchev–Trinajstić information content (AvgIpc) is 3.19. The van der Waals surface area contributed by atoms with Gasteiger partial charge in [-0.3, -0.25) is 4.79 Å². The zero-order valence-electron chi connectivity index (χ0n) is 14.1. The summed E-state index contributed by atoms with van der Waals surface area (Å²) in [7, 11) is 0. The number of nitrogens with zero attached hydrogens (tertiary/aromatic N) is 3. The van der Waals surface area contributed by atoms with E-state index in [1.165, 1.54) is 0 Å². The highest BCUT2D eigenvalue weighted by molar-refractivity contribution is 9.10. The van der Waals surface area contributed by atoms with Gasteiger partial charge in [0.25, 0.3) is 5.91 Å². The number of carbonyl (C=O) groups is 1. The molecule has 1 unspecified atom stereocenters. The first-order valence-electron chi connectivity index (χ1n) is 8.47. The third-order valence-corrected chi connectivity index (χ3v) is 4.97. The van der Waals surface area contributed by atoms with Gasteiger partial charge in [0.2, 0.25) is 0 Å². The molecule has 0 N–H and O–H groups in total. The lowest BCUT2D eigenvalue weighted by atomic mass is 10.1. The smallest absolute Gasteiger partial charge is 0.257 e. The van der Waals surface area contributed by atoms with Crippen LogP contribution in [-0.4, -0.2) is 40.3 Å². The first kappa shape index (κ1) is 17.0. The van der Waals surface area contributed by atoms with Crippen LogP contribution >= 0.6 is 15.9 Å². The molecule has 1 atom stereocenters. The van der Waals surface area contributed by atoms with Gasteiger partial charge in [0.05, 0.1) is 30.6 Å². The van der Waals surface area contributed by atoms with Crippen LogP contribution in [0.5, 0.6) is 0 Å². The highest BCUT2D eigenvalue weighted by Crippen LogP contribution is 2.24. The summed E-state index contributed by atoms with van der Waals surface area (Å²) in [4.78, 5) is 14.7. The summed E-state index contributed by atoms with van der Waals surface area (Å²) in [6.45, 7) is 1.65. The quantitative estimate of drug-likeness (QED) is 0.657. The van der Waals surface area contributed by atoms with Crippen molar-refractivity contribution < 1.29 is 9.53 Å². The molecule has 3 aromatic rings. The zero-order chi connectivity index (χ0) is 17.9. The number of aromatic nitrogens is 2. The van der Waals surface area contributed by atoms with E-state index in [0.29, 0.717) is 25.3 Å². The molecule has 6 heteroatoms. The van der Waals surface area contributed by atoms with Crippen molar-refractivity contribution in [2.24, 2.45) is 0 Å². The second-order valence-electron chi connectivity index (χ2n) is 6.17. The van der Waals surface area contributed by atoms with Gasteiger partial charge in [0, 0.05) is 17.2 Å². The molecule has 5 nitrogen and oxygen atoms in total. The predicted octanol–water partition coefficient (Wildman–Crippen LogP) is 3.85. The Bertz CT molecular complexity index is 893. The molecule has 1 amide bonds. The van der Waals surface area contributed by atoms with Gasteiger partial charge in [-0.15, -0.1) is 0 Å². The minimum absolute atomic E-state index is 0.0161. The van der Waals surface area contributed by atoms with E-state index in [0.717, 1.165) is 15.7 Å². The van der Waals surface area contributed by atoms with Crippen LogP contribution in [0.3, 0.4) is 0 Å². The van der Waals surface area contributed by atoms with Crippen molar-refractivity contribution >= 4 is 21.8 Å². The van der Waals surface area contributed by atoms with Crippen molar-refractivity contribution in [1.29, 1.82) is 0 Å². The molecule has 1 aliphatic rings. The average molecular weight is 412 g/mol. The van der Waals surface area contributed by atoms with Crippen molar-refractivity contribution in [3.63, 3.8) is 0 Å². The number of rotatable bonds is 3. The largest absolute Gasteiger partial charge is 0.370 e. The number of para-hydroxylation sites is 1. The number of amides is 1. The summed E-state index contributed by atoms with van der Waals surface area (Å²) >= 11 is 3.44. The van der Waals surface area contributed by atoms with Gasteiger partial charge >= 0.3 is 0 Å². The minimum Gasteiger partial charge on any atom is -0.370 e. The van der Waals surface area contributed by atoms with Crippen molar-refractivity contribution in [2.75, 3.05) is 19.7 Å². The fourth-order valence-corrected chi connectivity index (χ4v) is 3.31. The second kappa shape index (κ2) is 7.43. The molecule has 1 aromatic heterocycles. The molecule has 0 spiro atoms. The molecule has 4 rings (SSSR count). The lowest BCUT2D eigenvalue weighted by molar-refractivity contribution is -0.0228. The third-order valence-electron chi connectivity index (χ3n) is 4.45. The van der Waals surface area contributed by atoms with Gasteiger partial charge < -0.3 is 9.64 Å². The van der Waals surface area contributed by atoms with Crippen LogP contribution in [-0.2, 0) is 4.74 Å². The molecule has 1 fully saturated rings. The van der Waals surface area contributed by atoms with Gasteiger partial charge in [-0.1, -0.05) is 46.3 Å². The van der Waals surface area contributed by atoms with Crippen LogP contribution in [0.1, 0.15) is 22.0 Å². The van der Waals surface area contributed by atoms with E-state index < -0.39 is 0 Å². The molecule has 1 aliphatic heterocycles. The molecule has 26 heavy (non-hydrogen) atoms. The number of carbonyl (C=O) groups excluding carboxylic acids is 1. The van der Waals surface area contributed by atoms with Gasteiger partial charge in [-0.25, -0.2) is 4.68 Å². The fraction of sp³-hybridized carbons (Fsp3) is 0.200. The Morgan fingerprint density at radius 1 is 1.12 bits per heavy atom. The Balaban J connectivity index is 1.49. The molecule has 0 saturated carbocycles. The van der Waals surface area contributed by atoms with E-state index in [-0.39, 0.29) is 12.0 Å². The van der Waals surface area contributed by atoms with E-state index in [1.807, 2.05) is 59.5 Å². The molecule has 0 aliphatic carbocycles. The van der Waals surface area contributed by atoms with Crippen LogP contribution in [0.15, 0.2) is 71.5 Å². The van der Waals surface area contributed by atoms with Gasteiger partial charge in [0.15, 0.2) is 0 Å². The SMILES string of the molecule is O=C(c1cnn(-c2ccccc2)c1)N1CCOC(c2ccc(Br)cc2)C1. The van der Waals surface area contributed by atoms with Crippen LogP contribution in [0.25, 0.3) is 5.69 Å². The highest BCUT2D eigenvalue weighted by Gasteiger charge is 2.26. The van der Waals surface area contributed by atoms with E-state index in [1.54, 1.807) is 17.1 Å². The van der Waals surface area contributed by atoms with E-state index in [4.69, 9.17) is 4.74 Å². The first-order chi connectivity index (χ1) is 12.7. The predicted molar refractivity (Wildman–Crippen MR) is 102 cm³/mol. The topological polar surface area (TPSA) is 47.4 Å². The highest BCUT2D eigenvalue weighted by atomic mass is 79.9. The molecular weight excluding hydrogens is 394 g/mol. The Labute approximate surface area is 160 Å². The van der Waals surface area contributed by atoms with Crippen LogP contribution in [0.4, 0.5) is 0 Å². The molecule has 2 aromatic carbocycles. The monoisotopic (exact) mass is 411 g/mol. The maximum atomic E-state index is 12.9. The molecular formula is C20H18BrN3O2. The summed E-state index contributed by atoms with van der Waals surface area (Å²) in [6, 6.07) is 17.8. The van der Waals surface area contributed by atoms with Crippen molar-refractivity contribution in [1.82, 2.24) is 14.7 Å². The summed E-state index contributed by atoms with van der Waals surface area (Å²) < 4.78 is 8.61. The Hall–Kier alpha value is -2.44. The van der Waals surface area contributed by atoms with Crippen LogP contribution in [0.2, 0.25) is 0 Å². The lowest BCUT2D eigenvalue weighted by Gasteiger charge is -2.33. The number of hydrogen-bond donors (Lipinski definition) is 0. The minimum atomic E-state index is -0.107. The van der Waals surface area contributed by atoms with Gasteiger partial charge in [0.1, 0.15) is 6.10 Å². The first-order valence-corrected chi connectivity index (χ1v) is 9.26. The Kier molecular flexibility index (Phi) is 4.86. The van der Waals surface area contributed by atoms with Crippen molar-refractivity contribution in [3.8, 4) is 5.69 Å². The standard InChI is InChI=1S/C20H18BrN3O2/c21-17-8-6-15(7-9-17)19-14-23(10-11-26-19)20(25)16-12-22-24(13-16)18-4-2-1-3-5-18/h1-9,12-13,19H,10-11,14H2. The Morgan fingerprint density at radius 3 is 2.65 bits per heavy atom. The molecule has 132 valence electrons. The molecule has 2 heterocycles. The normalized spacial score (nSPS) is 17.3. The number of morpholine rings is 1. The van der Waals surface area contributed by atoms with Gasteiger partial charge in [-0.2, -0.15) is 5.10 Å². The number of benzene rings is 2. The number of hydrogen-bond acceptors (Lipinski definition) is 3. The summed E-state index contributed by atoms with van der Waals surface area (Å²) in [5.74, 6) is -0.0161. The van der Waals surface area contributed by atoms with Crippen molar-refractivity contribution in [2.45, 2.75) is 6.10 Å². The molecule has 0 radical (unpaired) electrons. The maximum absolute atomic E-state index is 12.9.